The first-order valence-corrected chi connectivity index (χ1v) is 5.65. The lowest BCUT2D eigenvalue weighted by molar-refractivity contribution is -0.385. The summed E-state index contributed by atoms with van der Waals surface area (Å²) in [5.41, 5.74) is 1.24. The summed E-state index contributed by atoms with van der Waals surface area (Å²) >= 11 is 0. The van der Waals surface area contributed by atoms with Crippen LogP contribution in [0.5, 0.6) is 0 Å². The standard InChI is InChI=1S/C11H10FN5O4/c12-8-4-10(17(19)20)7(3-9(8)15-13)11(18)14-5-6-1-2-21-16-6/h1-4,15H,5,13H2,(H,14,18). The van der Waals surface area contributed by atoms with E-state index in [4.69, 9.17) is 5.84 Å². The number of aromatic nitrogens is 1. The summed E-state index contributed by atoms with van der Waals surface area (Å²) in [4.78, 5) is 22.0. The van der Waals surface area contributed by atoms with E-state index in [1.54, 1.807) is 0 Å². The van der Waals surface area contributed by atoms with Crippen LogP contribution in [0.15, 0.2) is 29.0 Å². The van der Waals surface area contributed by atoms with E-state index >= 15 is 0 Å². The number of hydrogen-bond acceptors (Lipinski definition) is 7. The van der Waals surface area contributed by atoms with Crippen molar-refractivity contribution >= 4 is 17.3 Å². The summed E-state index contributed by atoms with van der Waals surface area (Å²) in [5, 5.41) is 16.9. The zero-order valence-electron chi connectivity index (χ0n) is 10.5. The second kappa shape index (κ2) is 5.96. The minimum Gasteiger partial charge on any atom is -0.364 e. The average Bonchev–Trinajstić information content (AvgIpc) is 2.97. The molecule has 1 amide bonds. The Kier molecular flexibility index (Phi) is 4.09. The number of nitrogens with one attached hydrogen (secondary N) is 2. The number of nitrogens with zero attached hydrogens (tertiary/aromatic N) is 2. The molecule has 4 N–H and O–H groups in total. The SMILES string of the molecule is NNc1cc(C(=O)NCc2ccon2)c([N+](=O)[O-])cc1F. The van der Waals surface area contributed by atoms with Gasteiger partial charge in [-0.3, -0.25) is 20.8 Å². The van der Waals surface area contributed by atoms with Gasteiger partial charge in [0, 0.05) is 6.07 Å². The Balaban J connectivity index is 2.27. The van der Waals surface area contributed by atoms with Crippen molar-refractivity contribution in [3.05, 3.63) is 51.7 Å². The lowest BCUT2D eigenvalue weighted by Gasteiger charge is -2.07. The van der Waals surface area contributed by atoms with Gasteiger partial charge in [0.15, 0.2) is 5.82 Å². The molecule has 0 atom stereocenters. The number of nitrogens with two attached hydrogens (primary N) is 1. The Bertz CT molecular complexity index is 674. The van der Waals surface area contributed by atoms with Crippen LogP contribution in [0.2, 0.25) is 0 Å². The van der Waals surface area contributed by atoms with Gasteiger partial charge in [-0.05, 0) is 6.07 Å². The molecular weight excluding hydrogens is 285 g/mol. The van der Waals surface area contributed by atoms with E-state index in [1.807, 2.05) is 5.43 Å². The van der Waals surface area contributed by atoms with Crippen LogP contribution in [-0.2, 0) is 6.54 Å². The van der Waals surface area contributed by atoms with E-state index in [9.17, 15) is 19.3 Å². The van der Waals surface area contributed by atoms with Gasteiger partial charge in [-0.15, -0.1) is 0 Å². The van der Waals surface area contributed by atoms with Crippen LogP contribution >= 0.6 is 0 Å². The second-order valence-electron chi connectivity index (χ2n) is 3.92. The number of anilines is 1. The van der Waals surface area contributed by atoms with Gasteiger partial charge in [0.2, 0.25) is 0 Å². The quantitative estimate of drug-likeness (QED) is 0.424. The molecule has 2 rings (SSSR count). The third-order valence-corrected chi connectivity index (χ3v) is 2.60. The first kappa shape index (κ1) is 14.4. The summed E-state index contributed by atoms with van der Waals surface area (Å²) in [7, 11) is 0. The number of nitro groups is 1. The minimum atomic E-state index is -0.933. The van der Waals surface area contributed by atoms with E-state index in [0.29, 0.717) is 11.8 Å². The molecule has 1 aromatic heterocycles. The van der Waals surface area contributed by atoms with Gasteiger partial charge in [-0.25, -0.2) is 4.39 Å². The van der Waals surface area contributed by atoms with Gasteiger partial charge in [-0.1, -0.05) is 5.16 Å². The number of carbonyl (C=O) groups is 1. The van der Waals surface area contributed by atoms with Crippen molar-refractivity contribution < 1.29 is 18.6 Å². The predicted molar refractivity (Wildman–Crippen MR) is 68.5 cm³/mol. The van der Waals surface area contributed by atoms with Gasteiger partial charge in [0.25, 0.3) is 11.6 Å². The molecule has 1 heterocycles. The average molecular weight is 295 g/mol. The molecule has 0 saturated heterocycles. The largest absolute Gasteiger partial charge is 0.364 e. The molecule has 0 spiro atoms. The Morgan fingerprint density at radius 2 is 2.29 bits per heavy atom. The highest BCUT2D eigenvalue weighted by Crippen LogP contribution is 2.25. The Labute approximate surface area is 117 Å². The molecule has 0 bridgehead atoms. The lowest BCUT2D eigenvalue weighted by Crippen LogP contribution is -2.24. The van der Waals surface area contributed by atoms with E-state index in [0.717, 1.165) is 6.07 Å². The van der Waals surface area contributed by atoms with E-state index in [1.165, 1.54) is 12.3 Å². The number of halogens is 1. The Morgan fingerprint density at radius 3 is 2.86 bits per heavy atom. The van der Waals surface area contributed by atoms with Gasteiger partial charge in [0.05, 0.1) is 23.2 Å². The van der Waals surface area contributed by atoms with Crippen LogP contribution in [0, 0.1) is 15.9 Å². The Morgan fingerprint density at radius 1 is 1.52 bits per heavy atom. The molecule has 10 heteroatoms. The molecule has 0 saturated carbocycles. The fourth-order valence-corrected chi connectivity index (χ4v) is 1.60. The molecule has 0 radical (unpaired) electrons. The van der Waals surface area contributed by atoms with Crippen LogP contribution in [-0.4, -0.2) is 16.0 Å². The highest BCUT2D eigenvalue weighted by molar-refractivity contribution is 5.99. The van der Waals surface area contributed by atoms with Gasteiger partial charge in [0.1, 0.15) is 17.5 Å². The third-order valence-electron chi connectivity index (χ3n) is 2.60. The van der Waals surface area contributed by atoms with Crippen LogP contribution in [0.3, 0.4) is 0 Å². The molecule has 0 aliphatic carbocycles. The maximum absolute atomic E-state index is 13.5. The van der Waals surface area contributed by atoms with Gasteiger partial charge in [-0.2, -0.15) is 0 Å². The molecule has 21 heavy (non-hydrogen) atoms. The zero-order valence-corrected chi connectivity index (χ0v) is 10.5. The topological polar surface area (TPSA) is 136 Å². The smallest absolute Gasteiger partial charge is 0.285 e. The number of hydrogen-bond donors (Lipinski definition) is 3. The number of benzene rings is 1. The summed E-state index contributed by atoms with van der Waals surface area (Å²) in [6.07, 6.45) is 1.32. The van der Waals surface area contributed by atoms with Gasteiger partial charge < -0.3 is 15.3 Å². The van der Waals surface area contributed by atoms with Crippen LogP contribution in [0.1, 0.15) is 16.1 Å². The maximum atomic E-state index is 13.5. The van der Waals surface area contributed by atoms with Crippen LogP contribution in [0.4, 0.5) is 15.8 Å². The van der Waals surface area contributed by atoms with E-state index in [-0.39, 0.29) is 17.8 Å². The van der Waals surface area contributed by atoms with Crippen LogP contribution in [0.25, 0.3) is 0 Å². The van der Waals surface area contributed by atoms with E-state index < -0.39 is 22.3 Å². The minimum absolute atomic E-state index is 0.00918. The van der Waals surface area contributed by atoms with Crippen molar-refractivity contribution in [3.8, 4) is 0 Å². The monoisotopic (exact) mass is 295 g/mol. The number of carbonyl (C=O) groups excluding carboxylic acids is 1. The number of amides is 1. The number of nitrogen functional groups attached to an aromatic ring is 1. The normalized spacial score (nSPS) is 10.2. The summed E-state index contributed by atoms with van der Waals surface area (Å²) < 4.78 is 18.0. The van der Waals surface area contributed by atoms with Crippen molar-refractivity contribution in [2.75, 3.05) is 5.43 Å². The third kappa shape index (κ3) is 3.12. The second-order valence-corrected chi connectivity index (χ2v) is 3.92. The molecule has 0 unspecified atom stereocenters. The lowest BCUT2D eigenvalue weighted by atomic mass is 10.1. The van der Waals surface area contributed by atoms with Gasteiger partial charge >= 0.3 is 0 Å². The summed E-state index contributed by atoms with van der Waals surface area (Å²) in [6.45, 7) is 0.00918. The highest BCUT2D eigenvalue weighted by atomic mass is 19.1. The molecule has 2 aromatic rings. The molecule has 110 valence electrons. The van der Waals surface area contributed by atoms with Crippen LogP contribution < -0.4 is 16.6 Å². The predicted octanol–water partition coefficient (Wildman–Crippen LogP) is 0.937. The number of rotatable bonds is 5. The number of nitro benzene ring substituents is 1. The molecular formula is C11H10FN5O4. The van der Waals surface area contributed by atoms with Crippen molar-refractivity contribution in [1.82, 2.24) is 10.5 Å². The first-order chi connectivity index (χ1) is 10.0. The molecule has 9 nitrogen and oxygen atoms in total. The first-order valence-electron chi connectivity index (χ1n) is 5.65. The van der Waals surface area contributed by atoms with Crippen molar-refractivity contribution in [3.63, 3.8) is 0 Å². The van der Waals surface area contributed by atoms with Crippen molar-refractivity contribution in [2.45, 2.75) is 6.54 Å². The summed E-state index contributed by atoms with van der Waals surface area (Å²) in [6, 6.07) is 3.11. The summed E-state index contributed by atoms with van der Waals surface area (Å²) in [5.74, 6) is 3.39. The molecule has 1 aromatic carbocycles. The van der Waals surface area contributed by atoms with Crippen molar-refractivity contribution in [1.29, 1.82) is 0 Å². The fourth-order valence-electron chi connectivity index (χ4n) is 1.60. The highest BCUT2D eigenvalue weighted by Gasteiger charge is 2.23. The number of hydrazine groups is 1. The van der Waals surface area contributed by atoms with E-state index in [2.05, 4.69) is 15.0 Å². The molecule has 0 aliphatic rings. The zero-order chi connectivity index (χ0) is 15.4. The maximum Gasteiger partial charge on any atom is 0.285 e. The van der Waals surface area contributed by atoms with Crippen molar-refractivity contribution in [2.24, 2.45) is 5.84 Å². The molecule has 0 fully saturated rings. The molecule has 0 aliphatic heterocycles. The Hall–Kier alpha value is -3.01. The fraction of sp³-hybridized carbons (Fsp3) is 0.0909.